The van der Waals surface area contributed by atoms with Gasteiger partial charge in [-0.05, 0) is 22.9 Å². The highest BCUT2D eigenvalue weighted by molar-refractivity contribution is 7.08. The maximum Gasteiger partial charge on any atom is 0.425 e. The third-order valence-electron chi connectivity index (χ3n) is 2.43. The standard InChI is InChI=1S/C11H8F3NOS/c12-11(13,14)10(16,9-3-5-17-7-9)8-2-1-4-15-6-8/h1-7,16H. The Morgan fingerprint density at radius 1 is 1.18 bits per heavy atom. The van der Waals surface area contributed by atoms with Gasteiger partial charge >= 0.3 is 6.18 Å². The average Bonchev–Trinajstić information content (AvgIpc) is 2.81. The van der Waals surface area contributed by atoms with Crippen LogP contribution < -0.4 is 0 Å². The summed E-state index contributed by atoms with van der Waals surface area (Å²) in [5, 5.41) is 12.8. The van der Waals surface area contributed by atoms with E-state index in [0.717, 1.165) is 17.5 Å². The predicted octanol–water partition coefficient (Wildman–Crippen LogP) is 2.94. The smallest absolute Gasteiger partial charge is 0.372 e. The molecule has 0 bridgehead atoms. The van der Waals surface area contributed by atoms with E-state index in [4.69, 9.17) is 0 Å². The van der Waals surface area contributed by atoms with Crippen LogP contribution in [0.25, 0.3) is 0 Å². The second kappa shape index (κ2) is 4.12. The molecule has 0 radical (unpaired) electrons. The Morgan fingerprint density at radius 2 is 1.94 bits per heavy atom. The maximum atomic E-state index is 13.1. The van der Waals surface area contributed by atoms with Crippen LogP contribution in [-0.4, -0.2) is 16.3 Å². The van der Waals surface area contributed by atoms with E-state index in [9.17, 15) is 18.3 Å². The Bertz CT molecular complexity index is 483. The number of alkyl halides is 3. The molecule has 0 saturated heterocycles. The van der Waals surface area contributed by atoms with Crippen molar-refractivity contribution < 1.29 is 18.3 Å². The van der Waals surface area contributed by atoms with E-state index >= 15 is 0 Å². The summed E-state index contributed by atoms with van der Waals surface area (Å²) in [7, 11) is 0. The minimum Gasteiger partial charge on any atom is -0.372 e. The van der Waals surface area contributed by atoms with Gasteiger partial charge in [-0.2, -0.15) is 24.5 Å². The monoisotopic (exact) mass is 259 g/mol. The van der Waals surface area contributed by atoms with Crippen molar-refractivity contribution in [1.29, 1.82) is 0 Å². The molecular weight excluding hydrogens is 251 g/mol. The molecule has 0 aliphatic rings. The van der Waals surface area contributed by atoms with Crippen LogP contribution in [0.15, 0.2) is 41.4 Å². The van der Waals surface area contributed by atoms with Gasteiger partial charge in [0.15, 0.2) is 0 Å². The Kier molecular flexibility index (Phi) is 2.92. The first-order valence-electron chi connectivity index (χ1n) is 4.68. The van der Waals surface area contributed by atoms with Crippen LogP contribution >= 0.6 is 11.3 Å². The first-order chi connectivity index (χ1) is 7.96. The largest absolute Gasteiger partial charge is 0.425 e. The fraction of sp³-hybridized carbons (Fsp3) is 0.182. The van der Waals surface area contributed by atoms with Gasteiger partial charge in [0, 0.05) is 23.5 Å². The van der Waals surface area contributed by atoms with Gasteiger partial charge < -0.3 is 5.11 Å². The first-order valence-corrected chi connectivity index (χ1v) is 5.63. The molecular formula is C11H8F3NOS. The zero-order valence-corrected chi connectivity index (χ0v) is 9.29. The molecule has 0 aliphatic heterocycles. The Labute approximate surface area is 99.4 Å². The van der Waals surface area contributed by atoms with Gasteiger partial charge in [-0.15, -0.1) is 0 Å². The Hall–Kier alpha value is -1.40. The van der Waals surface area contributed by atoms with Crippen molar-refractivity contribution in [3.63, 3.8) is 0 Å². The van der Waals surface area contributed by atoms with Gasteiger partial charge in [0.2, 0.25) is 5.60 Å². The van der Waals surface area contributed by atoms with Gasteiger partial charge in [0.25, 0.3) is 0 Å². The first kappa shape index (κ1) is 12.1. The number of hydrogen-bond acceptors (Lipinski definition) is 3. The van der Waals surface area contributed by atoms with Gasteiger partial charge in [0.1, 0.15) is 0 Å². The van der Waals surface area contributed by atoms with Crippen LogP contribution in [-0.2, 0) is 5.60 Å². The number of halogens is 3. The normalized spacial score (nSPS) is 15.5. The van der Waals surface area contributed by atoms with E-state index in [1.54, 1.807) is 0 Å². The Morgan fingerprint density at radius 3 is 2.41 bits per heavy atom. The summed E-state index contributed by atoms with van der Waals surface area (Å²) in [6.07, 6.45) is -2.42. The third kappa shape index (κ3) is 1.94. The molecule has 0 fully saturated rings. The fourth-order valence-corrected chi connectivity index (χ4v) is 2.24. The molecule has 2 rings (SSSR count). The number of pyridine rings is 1. The zero-order chi connectivity index (χ0) is 12.5. The summed E-state index contributed by atoms with van der Waals surface area (Å²) in [6.45, 7) is 0. The van der Waals surface area contributed by atoms with Crippen LogP contribution in [0.5, 0.6) is 0 Å². The summed E-state index contributed by atoms with van der Waals surface area (Å²) in [5.74, 6) is 0. The highest BCUT2D eigenvalue weighted by Crippen LogP contribution is 2.44. The van der Waals surface area contributed by atoms with Crippen LogP contribution in [0.3, 0.4) is 0 Å². The van der Waals surface area contributed by atoms with Crippen LogP contribution in [0.1, 0.15) is 11.1 Å². The summed E-state index contributed by atoms with van der Waals surface area (Å²) >= 11 is 1.10. The van der Waals surface area contributed by atoms with E-state index in [1.807, 2.05) is 0 Å². The van der Waals surface area contributed by atoms with Gasteiger partial charge in [0.05, 0.1) is 0 Å². The molecule has 0 aromatic carbocycles. The highest BCUT2D eigenvalue weighted by Gasteiger charge is 2.56. The van der Waals surface area contributed by atoms with Crippen molar-refractivity contribution in [2.75, 3.05) is 0 Å². The second-order valence-electron chi connectivity index (χ2n) is 3.46. The summed E-state index contributed by atoms with van der Waals surface area (Å²) < 4.78 is 39.2. The topological polar surface area (TPSA) is 33.1 Å². The summed E-state index contributed by atoms with van der Waals surface area (Å²) in [5.41, 5.74) is -3.48. The molecule has 2 aromatic rings. The minimum absolute atomic E-state index is 0.192. The lowest BCUT2D eigenvalue weighted by atomic mass is 9.88. The number of thiophene rings is 1. The number of aliphatic hydroxyl groups is 1. The zero-order valence-electron chi connectivity index (χ0n) is 8.48. The van der Waals surface area contributed by atoms with E-state index in [2.05, 4.69) is 4.98 Å². The molecule has 90 valence electrons. The molecule has 1 unspecified atom stereocenters. The second-order valence-corrected chi connectivity index (χ2v) is 4.24. The predicted molar refractivity (Wildman–Crippen MR) is 57.6 cm³/mol. The molecule has 6 heteroatoms. The summed E-state index contributed by atoms with van der Waals surface area (Å²) in [4.78, 5) is 3.62. The molecule has 0 aliphatic carbocycles. The van der Waals surface area contributed by atoms with E-state index < -0.39 is 11.8 Å². The maximum absolute atomic E-state index is 13.1. The number of nitrogens with zero attached hydrogens (tertiary/aromatic N) is 1. The van der Waals surface area contributed by atoms with Gasteiger partial charge in [-0.1, -0.05) is 6.07 Å². The van der Waals surface area contributed by atoms with Crippen molar-refractivity contribution in [1.82, 2.24) is 4.98 Å². The van der Waals surface area contributed by atoms with Crippen LogP contribution in [0.4, 0.5) is 13.2 Å². The lowest BCUT2D eigenvalue weighted by Gasteiger charge is -2.30. The molecule has 0 amide bonds. The molecule has 1 atom stereocenters. The van der Waals surface area contributed by atoms with Crippen molar-refractivity contribution in [3.8, 4) is 0 Å². The lowest BCUT2D eigenvalue weighted by molar-refractivity contribution is -0.248. The molecule has 0 saturated carbocycles. The Balaban J connectivity index is 2.61. The third-order valence-corrected chi connectivity index (χ3v) is 3.11. The van der Waals surface area contributed by atoms with Crippen LogP contribution in [0, 0.1) is 0 Å². The molecule has 2 nitrogen and oxygen atoms in total. The SMILES string of the molecule is OC(c1cccnc1)(c1ccsc1)C(F)(F)F. The molecule has 2 heterocycles. The van der Waals surface area contributed by atoms with Gasteiger partial charge in [-0.25, -0.2) is 0 Å². The van der Waals surface area contributed by atoms with Crippen molar-refractivity contribution in [2.45, 2.75) is 11.8 Å². The van der Waals surface area contributed by atoms with E-state index in [0.29, 0.717) is 0 Å². The van der Waals surface area contributed by atoms with E-state index in [-0.39, 0.29) is 11.1 Å². The quantitative estimate of drug-likeness (QED) is 0.899. The number of rotatable bonds is 2. The fourth-order valence-electron chi connectivity index (χ4n) is 1.54. The average molecular weight is 259 g/mol. The lowest BCUT2D eigenvalue weighted by Crippen LogP contribution is -2.43. The highest BCUT2D eigenvalue weighted by atomic mass is 32.1. The van der Waals surface area contributed by atoms with Gasteiger partial charge in [-0.3, -0.25) is 4.98 Å². The van der Waals surface area contributed by atoms with E-state index in [1.165, 1.54) is 35.2 Å². The molecule has 2 aromatic heterocycles. The molecule has 17 heavy (non-hydrogen) atoms. The minimum atomic E-state index is -4.79. The van der Waals surface area contributed by atoms with Crippen molar-refractivity contribution in [2.24, 2.45) is 0 Å². The molecule has 0 spiro atoms. The summed E-state index contributed by atoms with van der Waals surface area (Å²) in [6, 6.07) is 3.82. The van der Waals surface area contributed by atoms with Crippen molar-refractivity contribution in [3.05, 3.63) is 52.5 Å². The molecule has 1 N–H and O–H groups in total. The van der Waals surface area contributed by atoms with Crippen molar-refractivity contribution >= 4 is 11.3 Å². The van der Waals surface area contributed by atoms with Crippen LogP contribution in [0.2, 0.25) is 0 Å². The number of hydrogen-bond donors (Lipinski definition) is 1. The number of aromatic nitrogens is 1.